The van der Waals surface area contributed by atoms with Gasteiger partial charge in [0.15, 0.2) is 0 Å². The Labute approximate surface area is 114 Å². The first-order valence-corrected chi connectivity index (χ1v) is 6.01. The first-order chi connectivity index (χ1) is 9.17. The lowest BCUT2D eigenvalue weighted by Crippen LogP contribution is -2.13. The molecule has 0 saturated carbocycles. The standard InChI is InChI=1S/C14H10ClFO3/c15-9-10-1-5-12(6-2-10)18-14(17)19-13-7-3-11(16)4-8-13/h1-8H,9H2. The van der Waals surface area contributed by atoms with E-state index in [4.69, 9.17) is 21.1 Å². The quantitative estimate of drug-likeness (QED) is 0.481. The first-order valence-electron chi connectivity index (χ1n) is 5.47. The van der Waals surface area contributed by atoms with Crippen LogP contribution in [0.15, 0.2) is 48.5 Å². The maximum Gasteiger partial charge on any atom is 0.519 e. The number of carbonyl (C=O) groups is 1. The molecule has 0 unspecified atom stereocenters. The van der Waals surface area contributed by atoms with Crippen molar-refractivity contribution >= 4 is 17.8 Å². The average molecular weight is 281 g/mol. The number of halogens is 2. The van der Waals surface area contributed by atoms with Gasteiger partial charge < -0.3 is 9.47 Å². The van der Waals surface area contributed by atoms with E-state index in [0.717, 1.165) is 5.56 Å². The molecule has 2 aromatic carbocycles. The highest BCUT2D eigenvalue weighted by molar-refractivity contribution is 6.17. The summed E-state index contributed by atoms with van der Waals surface area (Å²) in [4.78, 5) is 11.5. The molecule has 0 aromatic heterocycles. The molecule has 0 aliphatic rings. The van der Waals surface area contributed by atoms with Crippen molar-refractivity contribution in [3.05, 3.63) is 59.9 Å². The number of hydrogen-bond donors (Lipinski definition) is 0. The van der Waals surface area contributed by atoms with E-state index in [-0.39, 0.29) is 5.75 Å². The van der Waals surface area contributed by atoms with Gasteiger partial charge in [0, 0.05) is 5.88 Å². The van der Waals surface area contributed by atoms with Crippen molar-refractivity contribution in [2.45, 2.75) is 5.88 Å². The van der Waals surface area contributed by atoms with Gasteiger partial charge in [-0.1, -0.05) is 12.1 Å². The molecule has 0 aliphatic carbocycles. The van der Waals surface area contributed by atoms with Crippen molar-refractivity contribution in [2.75, 3.05) is 0 Å². The highest BCUT2D eigenvalue weighted by atomic mass is 35.5. The van der Waals surface area contributed by atoms with Crippen LogP contribution in [-0.4, -0.2) is 6.16 Å². The Morgan fingerprint density at radius 2 is 1.42 bits per heavy atom. The SMILES string of the molecule is O=C(Oc1ccc(F)cc1)Oc1ccc(CCl)cc1. The molecule has 0 fully saturated rings. The number of ether oxygens (including phenoxy) is 2. The fourth-order valence-electron chi connectivity index (χ4n) is 1.36. The minimum absolute atomic E-state index is 0.212. The van der Waals surface area contributed by atoms with Gasteiger partial charge in [-0.2, -0.15) is 0 Å². The van der Waals surface area contributed by atoms with Crippen molar-refractivity contribution in [2.24, 2.45) is 0 Å². The molecule has 0 aliphatic heterocycles. The lowest BCUT2D eigenvalue weighted by molar-refractivity contribution is 0.152. The molecule has 19 heavy (non-hydrogen) atoms. The fraction of sp³-hybridized carbons (Fsp3) is 0.0714. The van der Waals surface area contributed by atoms with Crippen LogP contribution in [0.4, 0.5) is 9.18 Å². The van der Waals surface area contributed by atoms with Gasteiger partial charge in [-0.15, -0.1) is 11.6 Å². The van der Waals surface area contributed by atoms with E-state index in [1.54, 1.807) is 24.3 Å². The van der Waals surface area contributed by atoms with Crippen LogP contribution in [0.2, 0.25) is 0 Å². The molecule has 0 amide bonds. The maximum atomic E-state index is 12.7. The van der Waals surface area contributed by atoms with Gasteiger partial charge in [0.25, 0.3) is 0 Å². The molecule has 0 bridgehead atoms. The van der Waals surface area contributed by atoms with Crippen molar-refractivity contribution in [3.63, 3.8) is 0 Å². The summed E-state index contributed by atoms with van der Waals surface area (Å²) in [5, 5.41) is 0. The normalized spacial score (nSPS) is 10.0. The lowest BCUT2D eigenvalue weighted by Gasteiger charge is -2.05. The fourth-order valence-corrected chi connectivity index (χ4v) is 1.54. The minimum Gasteiger partial charge on any atom is -0.395 e. The molecule has 0 spiro atoms. The predicted octanol–water partition coefficient (Wildman–Crippen LogP) is 4.14. The minimum atomic E-state index is -0.884. The monoisotopic (exact) mass is 280 g/mol. The van der Waals surface area contributed by atoms with E-state index in [9.17, 15) is 9.18 Å². The summed E-state index contributed by atoms with van der Waals surface area (Å²) in [6, 6.07) is 11.8. The number of benzene rings is 2. The van der Waals surface area contributed by atoms with Crippen LogP contribution >= 0.6 is 11.6 Å². The van der Waals surface area contributed by atoms with Gasteiger partial charge in [0.1, 0.15) is 17.3 Å². The van der Waals surface area contributed by atoms with Crippen molar-refractivity contribution in [3.8, 4) is 11.5 Å². The van der Waals surface area contributed by atoms with Crippen molar-refractivity contribution < 1.29 is 18.7 Å². The summed E-state index contributed by atoms with van der Waals surface area (Å²) < 4.78 is 22.5. The summed E-state index contributed by atoms with van der Waals surface area (Å²) in [6.45, 7) is 0. The van der Waals surface area contributed by atoms with Gasteiger partial charge in [-0.25, -0.2) is 9.18 Å². The zero-order valence-corrected chi connectivity index (χ0v) is 10.6. The van der Waals surface area contributed by atoms with Gasteiger partial charge in [-0.3, -0.25) is 0 Å². The molecule has 0 radical (unpaired) electrons. The third-order valence-electron chi connectivity index (χ3n) is 2.29. The molecule has 0 atom stereocenters. The molecule has 0 heterocycles. The van der Waals surface area contributed by atoms with Gasteiger partial charge >= 0.3 is 6.16 Å². The molecule has 2 aromatic rings. The molecule has 5 heteroatoms. The molecule has 2 rings (SSSR count). The van der Waals surface area contributed by atoms with E-state index in [1.165, 1.54) is 24.3 Å². The van der Waals surface area contributed by atoms with E-state index < -0.39 is 12.0 Å². The van der Waals surface area contributed by atoms with Crippen LogP contribution in [0.25, 0.3) is 0 Å². The lowest BCUT2D eigenvalue weighted by atomic mass is 10.2. The Morgan fingerprint density at radius 1 is 0.947 bits per heavy atom. The maximum absolute atomic E-state index is 12.7. The summed E-state index contributed by atoms with van der Waals surface area (Å²) >= 11 is 5.64. The Balaban J connectivity index is 1.95. The summed E-state index contributed by atoms with van der Waals surface area (Å²) in [6.07, 6.45) is -0.884. The highest BCUT2D eigenvalue weighted by Gasteiger charge is 2.07. The van der Waals surface area contributed by atoms with E-state index in [2.05, 4.69) is 0 Å². The number of hydrogen-bond acceptors (Lipinski definition) is 3. The molecule has 3 nitrogen and oxygen atoms in total. The number of alkyl halides is 1. The molecule has 0 saturated heterocycles. The zero-order chi connectivity index (χ0) is 13.7. The van der Waals surface area contributed by atoms with Crippen LogP contribution in [0, 0.1) is 5.82 Å². The van der Waals surface area contributed by atoms with Crippen molar-refractivity contribution in [1.82, 2.24) is 0 Å². The summed E-state index contributed by atoms with van der Waals surface area (Å²) in [5.74, 6) is 0.544. The van der Waals surface area contributed by atoms with Crippen LogP contribution in [0.5, 0.6) is 11.5 Å². The second-order valence-corrected chi connectivity index (χ2v) is 3.95. The van der Waals surface area contributed by atoms with E-state index >= 15 is 0 Å². The number of rotatable bonds is 3. The van der Waals surface area contributed by atoms with Gasteiger partial charge in [0.2, 0.25) is 0 Å². The van der Waals surface area contributed by atoms with E-state index in [1.807, 2.05) is 0 Å². The third-order valence-corrected chi connectivity index (χ3v) is 2.60. The largest absolute Gasteiger partial charge is 0.519 e. The second-order valence-electron chi connectivity index (χ2n) is 3.69. The molecule has 0 N–H and O–H groups in total. The van der Waals surface area contributed by atoms with Crippen LogP contribution < -0.4 is 9.47 Å². The van der Waals surface area contributed by atoms with Crippen molar-refractivity contribution in [1.29, 1.82) is 0 Å². The van der Waals surface area contributed by atoms with Crippen LogP contribution in [0.3, 0.4) is 0 Å². The topological polar surface area (TPSA) is 35.5 Å². The third kappa shape index (κ3) is 3.96. The van der Waals surface area contributed by atoms with E-state index in [0.29, 0.717) is 11.6 Å². The first kappa shape index (κ1) is 13.4. The predicted molar refractivity (Wildman–Crippen MR) is 69.1 cm³/mol. The zero-order valence-electron chi connectivity index (χ0n) is 9.81. The summed E-state index contributed by atoms with van der Waals surface area (Å²) in [7, 11) is 0. The number of carbonyl (C=O) groups excluding carboxylic acids is 1. The Bertz CT molecular complexity index is 552. The van der Waals surface area contributed by atoms with Crippen LogP contribution in [-0.2, 0) is 5.88 Å². The molecular formula is C14H10ClFO3. The average Bonchev–Trinajstić information content (AvgIpc) is 2.42. The van der Waals surface area contributed by atoms with Crippen LogP contribution in [0.1, 0.15) is 5.56 Å². The Kier molecular flexibility index (Phi) is 4.36. The second kappa shape index (κ2) is 6.20. The Hall–Kier alpha value is -2.07. The van der Waals surface area contributed by atoms with Gasteiger partial charge in [-0.05, 0) is 42.0 Å². The molecular weight excluding hydrogens is 271 g/mol. The Morgan fingerprint density at radius 3 is 1.89 bits per heavy atom. The summed E-state index contributed by atoms with van der Waals surface area (Å²) in [5.41, 5.74) is 0.918. The van der Waals surface area contributed by atoms with Gasteiger partial charge in [0.05, 0.1) is 0 Å². The molecule has 98 valence electrons. The smallest absolute Gasteiger partial charge is 0.395 e. The highest BCUT2D eigenvalue weighted by Crippen LogP contribution is 2.16.